The Kier molecular flexibility index (Phi) is 13.8. The predicted octanol–water partition coefficient (Wildman–Crippen LogP) is 10.7. The van der Waals surface area contributed by atoms with E-state index in [-0.39, 0.29) is 22.2 Å². The standard InChI is InChI=1S/C37H55BO3P2/c1-14-29(35(4,5)6)21-27(24-42-13)33(20-26(2)3)39-41-40-34-28(25-43(38)31-18-16-15-17-19-31)22-30(36(7,8)9)23-32(34)37(10,11)12/h14-23,26,42H,24-25H2,1-13H3/b27-21-,29-14+,33-20-. The molecule has 3 nitrogen and oxygen atoms in total. The molecule has 6 heteroatoms. The fourth-order valence-electron chi connectivity index (χ4n) is 4.69. The van der Waals surface area contributed by atoms with Crippen molar-refractivity contribution in [2.24, 2.45) is 11.3 Å². The Morgan fingerprint density at radius 2 is 1.58 bits per heavy atom. The molecule has 0 saturated heterocycles. The largest absolute Gasteiger partial charge is 0.299 e. The fourth-order valence-corrected chi connectivity index (χ4v) is 6.69. The lowest BCUT2D eigenvalue weighted by Crippen LogP contribution is -2.20. The third-order valence-electron chi connectivity index (χ3n) is 7.18. The lowest BCUT2D eigenvalue weighted by molar-refractivity contribution is -0.445. The Labute approximate surface area is 267 Å². The maximum absolute atomic E-state index is 6.83. The predicted molar refractivity (Wildman–Crippen MR) is 192 cm³/mol. The molecular weight excluding hydrogens is 565 g/mol. The first-order chi connectivity index (χ1) is 19.9. The van der Waals surface area contributed by atoms with E-state index in [2.05, 4.69) is 132 Å². The van der Waals surface area contributed by atoms with Crippen LogP contribution in [0.4, 0.5) is 0 Å². The SMILES string of the molecule is [B]P(Cc1cc(C(C)(C)C)cc(C(C)(C)C)c1OOOC(=C\C(C)C)/C(=C\C(=C/C)C(C)(C)C)CPC)c1ccccc1. The number of rotatable bonds is 12. The summed E-state index contributed by atoms with van der Waals surface area (Å²) in [6.45, 7) is 28.6. The van der Waals surface area contributed by atoms with Crippen molar-refractivity contribution >= 4 is 29.3 Å². The van der Waals surface area contributed by atoms with Crippen molar-refractivity contribution in [1.82, 2.24) is 0 Å². The van der Waals surface area contributed by atoms with Gasteiger partial charge in [0.25, 0.3) is 0 Å². The number of benzene rings is 2. The van der Waals surface area contributed by atoms with Gasteiger partial charge in [-0.15, -0.1) is 16.4 Å². The molecule has 0 aliphatic carbocycles. The van der Waals surface area contributed by atoms with Crippen molar-refractivity contribution < 1.29 is 14.8 Å². The summed E-state index contributed by atoms with van der Waals surface area (Å²) < 4.78 is 0. The number of allylic oxidation sites excluding steroid dienone is 5. The highest BCUT2D eigenvalue weighted by atomic mass is 31.1. The maximum atomic E-state index is 6.83. The van der Waals surface area contributed by atoms with Gasteiger partial charge in [0, 0.05) is 21.7 Å². The van der Waals surface area contributed by atoms with Crippen LogP contribution in [-0.2, 0) is 26.9 Å². The Morgan fingerprint density at radius 3 is 2.07 bits per heavy atom. The molecule has 0 saturated carbocycles. The van der Waals surface area contributed by atoms with Crippen LogP contribution in [0.5, 0.6) is 5.75 Å². The molecule has 0 spiro atoms. The second-order valence-corrected chi connectivity index (χ2v) is 17.5. The Balaban J connectivity index is 2.58. The molecule has 0 aromatic heterocycles. The normalized spacial score (nSPS) is 15.0. The van der Waals surface area contributed by atoms with Gasteiger partial charge in [0.1, 0.15) is 7.57 Å². The van der Waals surface area contributed by atoms with Gasteiger partial charge in [0.05, 0.1) is 0 Å². The summed E-state index contributed by atoms with van der Waals surface area (Å²) >= 11 is 0. The van der Waals surface area contributed by atoms with Crippen molar-refractivity contribution in [2.75, 3.05) is 12.8 Å². The summed E-state index contributed by atoms with van der Waals surface area (Å²) in [5.74, 6) is 1.65. The highest BCUT2D eigenvalue weighted by Gasteiger charge is 2.28. The monoisotopic (exact) mass is 620 g/mol. The van der Waals surface area contributed by atoms with Crippen molar-refractivity contribution in [3.05, 3.63) is 94.3 Å². The lowest BCUT2D eigenvalue weighted by Gasteiger charge is -2.29. The van der Waals surface area contributed by atoms with Crippen molar-refractivity contribution in [3.63, 3.8) is 0 Å². The molecule has 0 amide bonds. The van der Waals surface area contributed by atoms with E-state index in [4.69, 9.17) is 22.4 Å². The van der Waals surface area contributed by atoms with Crippen LogP contribution in [-0.4, -0.2) is 20.4 Å². The van der Waals surface area contributed by atoms with E-state index in [0.717, 1.165) is 36.7 Å². The molecule has 0 aliphatic rings. The summed E-state index contributed by atoms with van der Waals surface area (Å²) in [7, 11) is 6.61. The zero-order chi connectivity index (χ0) is 32.6. The third-order valence-corrected chi connectivity index (χ3v) is 9.56. The smallest absolute Gasteiger partial charge is 0.176 e. The highest BCUT2D eigenvalue weighted by Crippen LogP contribution is 2.44. The molecule has 0 heterocycles. The fraction of sp³-hybridized carbons (Fsp3) is 0.514. The molecule has 0 bridgehead atoms. The van der Waals surface area contributed by atoms with Gasteiger partial charge in [-0.25, -0.2) is 0 Å². The summed E-state index contributed by atoms with van der Waals surface area (Å²) in [5, 5.41) is 6.89. The molecule has 234 valence electrons. The average Bonchev–Trinajstić information content (AvgIpc) is 2.89. The quantitative estimate of drug-likeness (QED) is 0.0590. The van der Waals surface area contributed by atoms with Gasteiger partial charge in [-0.2, -0.15) is 0 Å². The highest BCUT2D eigenvalue weighted by molar-refractivity contribution is 7.87. The van der Waals surface area contributed by atoms with E-state index in [1.165, 1.54) is 11.1 Å². The Morgan fingerprint density at radius 1 is 0.953 bits per heavy atom. The van der Waals surface area contributed by atoms with Gasteiger partial charge in [-0.1, -0.05) is 131 Å². The maximum Gasteiger partial charge on any atom is 0.176 e. The Bertz CT molecular complexity index is 1270. The molecular formula is C37H55BO3P2. The van der Waals surface area contributed by atoms with E-state index in [1.807, 2.05) is 18.2 Å². The van der Waals surface area contributed by atoms with E-state index in [9.17, 15) is 0 Å². The van der Waals surface area contributed by atoms with E-state index >= 15 is 0 Å². The molecule has 2 aromatic rings. The molecule has 0 aliphatic heterocycles. The number of hydrogen-bond acceptors (Lipinski definition) is 3. The average molecular weight is 621 g/mol. The molecule has 0 fully saturated rings. The second kappa shape index (κ2) is 15.9. The minimum absolute atomic E-state index is 0.0157. The minimum atomic E-state index is -0.944. The van der Waals surface area contributed by atoms with Gasteiger partial charge >= 0.3 is 0 Å². The molecule has 2 rings (SSSR count). The number of hydrogen-bond donors (Lipinski definition) is 0. The first-order valence-electron chi connectivity index (χ1n) is 15.4. The molecule has 2 atom stereocenters. The first kappa shape index (κ1) is 37.3. The zero-order valence-corrected chi connectivity index (χ0v) is 30.9. The summed E-state index contributed by atoms with van der Waals surface area (Å²) in [4.78, 5) is 12.3. The van der Waals surface area contributed by atoms with Crippen molar-refractivity contribution in [1.29, 1.82) is 0 Å². The van der Waals surface area contributed by atoms with E-state index in [0.29, 0.717) is 17.7 Å². The second-order valence-electron chi connectivity index (χ2n) is 14.7. The summed E-state index contributed by atoms with van der Waals surface area (Å²) in [6.07, 6.45) is 8.09. The van der Waals surface area contributed by atoms with E-state index in [1.54, 1.807) is 0 Å². The van der Waals surface area contributed by atoms with Crippen molar-refractivity contribution in [2.45, 2.75) is 100 Å². The van der Waals surface area contributed by atoms with Gasteiger partial charge in [-0.3, -0.25) is 9.78 Å². The summed E-state index contributed by atoms with van der Waals surface area (Å²) in [5.41, 5.74) is 5.48. The zero-order valence-electron chi connectivity index (χ0n) is 29.0. The lowest BCUT2D eigenvalue weighted by atomic mass is 9.79. The van der Waals surface area contributed by atoms with Crippen molar-refractivity contribution in [3.8, 4) is 5.75 Å². The van der Waals surface area contributed by atoms with Gasteiger partial charge in [0.15, 0.2) is 11.5 Å². The molecule has 2 aromatic carbocycles. The van der Waals surface area contributed by atoms with Crippen LogP contribution in [0.2, 0.25) is 0 Å². The minimum Gasteiger partial charge on any atom is -0.299 e. The van der Waals surface area contributed by atoms with Gasteiger partial charge in [0.2, 0.25) is 0 Å². The molecule has 43 heavy (non-hydrogen) atoms. The van der Waals surface area contributed by atoms with Crippen LogP contribution < -0.4 is 10.2 Å². The molecule has 2 radical (unpaired) electrons. The Hall–Kier alpha value is -1.86. The van der Waals surface area contributed by atoms with Gasteiger partial charge < -0.3 is 0 Å². The van der Waals surface area contributed by atoms with Crippen LogP contribution in [0, 0.1) is 11.3 Å². The third kappa shape index (κ3) is 11.5. The first-order valence-corrected chi connectivity index (χ1v) is 18.7. The van der Waals surface area contributed by atoms with E-state index < -0.39 is 7.80 Å². The van der Waals surface area contributed by atoms with Crippen LogP contribution in [0.3, 0.4) is 0 Å². The topological polar surface area (TPSA) is 27.7 Å². The van der Waals surface area contributed by atoms with Crippen LogP contribution in [0.25, 0.3) is 0 Å². The van der Waals surface area contributed by atoms with Crippen LogP contribution in [0.1, 0.15) is 99.8 Å². The van der Waals surface area contributed by atoms with Gasteiger partial charge in [-0.05, 0) is 70.6 Å². The summed E-state index contributed by atoms with van der Waals surface area (Å²) in [6, 6.07) is 14.8. The van der Waals surface area contributed by atoms with Crippen LogP contribution >= 0.6 is 16.4 Å². The van der Waals surface area contributed by atoms with Crippen LogP contribution in [0.15, 0.2) is 77.6 Å². The molecule has 2 unspecified atom stereocenters. The molecule has 0 N–H and O–H groups in total.